The first kappa shape index (κ1) is 11.0. The minimum Gasteiger partial charge on any atom is -0.515 e. The van der Waals surface area contributed by atoms with Crippen LogP contribution in [0, 0.1) is 0 Å². The monoisotopic (exact) mass is 186 g/mol. The second-order valence-electron chi connectivity index (χ2n) is 2.18. The molecule has 2 nitrogen and oxygen atoms in total. The Kier molecular flexibility index (Phi) is 5.17. The smallest absolute Gasteiger partial charge is 0.0852 e. The molecule has 0 amide bonds. The number of aliphatic hydroxyl groups is 2. The quantitative estimate of drug-likeness (QED) is 0.694. The van der Waals surface area contributed by atoms with Gasteiger partial charge in [-0.3, -0.25) is 0 Å². The van der Waals surface area contributed by atoms with Gasteiger partial charge in [0.2, 0.25) is 0 Å². The Morgan fingerprint density at radius 1 is 1.25 bits per heavy atom. The number of aliphatic hydroxyl groups excluding tert-OH is 2. The van der Waals surface area contributed by atoms with Crippen molar-refractivity contribution in [3.63, 3.8) is 0 Å². The highest BCUT2D eigenvalue weighted by molar-refractivity contribution is 5.85. The Morgan fingerprint density at radius 2 is 1.83 bits per heavy atom. The summed E-state index contributed by atoms with van der Waals surface area (Å²) in [5, 5.41) is 17.4. The van der Waals surface area contributed by atoms with Crippen molar-refractivity contribution in [1.82, 2.24) is 0 Å². The zero-order valence-corrected chi connectivity index (χ0v) is 7.29. The summed E-state index contributed by atoms with van der Waals surface area (Å²) in [5.74, 6) is 0. The summed E-state index contributed by atoms with van der Waals surface area (Å²) >= 11 is 0. The highest BCUT2D eigenvalue weighted by atomic mass is 35.5. The first-order chi connectivity index (χ1) is 5.38. The van der Waals surface area contributed by atoms with Crippen molar-refractivity contribution in [3.8, 4) is 0 Å². The molecule has 0 spiro atoms. The maximum absolute atomic E-state index is 8.75. The van der Waals surface area contributed by atoms with E-state index >= 15 is 0 Å². The molecule has 2 N–H and O–H groups in total. The van der Waals surface area contributed by atoms with Crippen LogP contribution in [0.3, 0.4) is 0 Å². The lowest BCUT2D eigenvalue weighted by Gasteiger charge is -2.00. The van der Waals surface area contributed by atoms with Crippen LogP contribution in [0.15, 0.2) is 36.6 Å². The summed E-state index contributed by atoms with van der Waals surface area (Å²) in [6.45, 7) is -0.138. The number of halogens is 1. The van der Waals surface area contributed by atoms with E-state index in [2.05, 4.69) is 0 Å². The van der Waals surface area contributed by atoms with Gasteiger partial charge >= 0.3 is 0 Å². The molecule has 1 rings (SSSR count). The van der Waals surface area contributed by atoms with Gasteiger partial charge < -0.3 is 10.2 Å². The number of benzene rings is 1. The maximum Gasteiger partial charge on any atom is 0.0852 e. The van der Waals surface area contributed by atoms with Gasteiger partial charge in [-0.15, -0.1) is 12.4 Å². The summed E-state index contributed by atoms with van der Waals surface area (Å²) in [6, 6.07) is 9.26. The van der Waals surface area contributed by atoms with E-state index in [1.165, 1.54) is 0 Å². The molecule has 0 saturated heterocycles. The minimum absolute atomic E-state index is 0. The Balaban J connectivity index is 0.00000121. The first-order valence-electron chi connectivity index (χ1n) is 3.38. The molecule has 12 heavy (non-hydrogen) atoms. The van der Waals surface area contributed by atoms with Crippen molar-refractivity contribution < 1.29 is 10.2 Å². The van der Waals surface area contributed by atoms with Gasteiger partial charge in [-0.2, -0.15) is 0 Å². The van der Waals surface area contributed by atoms with Crippen molar-refractivity contribution in [2.75, 3.05) is 6.61 Å². The summed E-state index contributed by atoms with van der Waals surface area (Å²) in [6.07, 6.45) is 0.926. The van der Waals surface area contributed by atoms with E-state index in [1.54, 1.807) is 0 Å². The van der Waals surface area contributed by atoms with Crippen LogP contribution < -0.4 is 0 Å². The fourth-order valence-corrected chi connectivity index (χ4v) is 0.859. The van der Waals surface area contributed by atoms with Crippen LogP contribution in [0.25, 0.3) is 5.57 Å². The molecule has 0 radical (unpaired) electrons. The third-order valence-corrected chi connectivity index (χ3v) is 1.47. The third-order valence-electron chi connectivity index (χ3n) is 1.47. The molecule has 66 valence electrons. The molecule has 0 fully saturated rings. The predicted octanol–water partition coefficient (Wildman–Crippen LogP) is 2.00. The molecule has 0 aliphatic carbocycles. The average molecular weight is 187 g/mol. The van der Waals surface area contributed by atoms with E-state index < -0.39 is 0 Å². The SMILES string of the molecule is Cl.O/C=C(/CO)c1ccccc1. The van der Waals surface area contributed by atoms with Crippen LogP contribution in [-0.4, -0.2) is 16.8 Å². The lowest BCUT2D eigenvalue weighted by atomic mass is 10.1. The van der Waals surface area contributed by atoms with Crippen molar-refractivity contribution in [1.29, 1.82) is 0 Å². The Bertz CT molecular complexity index is 244. The summed E-state index contributed by atoms with van der Waals surface area (Å²) < 4.78 is 0. The highest BCUT2D eigenvalue weighted by Gasteiger charge is 1.96. The molecule has 0 atom stereocenters. The molecule has 1 aromatic rings. The van der Waals surface area contributed by atoms with Crippen LogP contribution in [0.4, 0.5) is 0 Å². The number of rotatable bonds is 2. The van der Waals surface area contributed by atoms with Gasteiger partial charge in [0, 0.05) is 5.57 Å². The third kappa shape index (κ3) is 2.57. The van der Waals surface area contributed by atoms with Crippen molar-refractivity contribution in [3.05, 3.63) is 42.2 Å². The van der Waals surface area contributed by atoms with Crippen molar-refractivity contribution in [2.24, 2.45) is 0 Å². The lowest BCUT2D eigenvalue weighted by molar-refractivity contribution is 0.345. The van der Waals surface area contributed by atoms with Gasteiger partial charge in [-0.1, -0.05) is 30.3 Å². The molecule has 0 saturated carbocycles. The number of hydrogen-bond acceptors (Lipinski definition) is 2. The zero-order valence-electron chi connectivity index (χ0n) is 6.47. The molecule has 0 bridgehead atoms. The van der Waals surface area contributed by atoms with E-state index in [0.717, 1.165) is 11.8 Å². The van der Waals surface area contributed by atoms with Crippen LogP contribution in [0.5, 0.6) is 0 Å². The van der Waals surface area contributed by atoms with Crippen LogP contribution in [-0.2, 0) is 0 Å². The Hall–Kier alpha value is -0.990. The van der Waals surface area contributed by atoms with Gasteiger partial charge in [0.1, 0.15) is 0 Å². The first-order valence-corrected chi connectivity index (χ1v) is 3.38. The van der Waals surface area contributed by atoms with Gasteiger partial charge in [-0.05, 0) is 5.56 Å². The summed E-state index contributed by atoms with van der Waals surface area (Å²) in [7, 11) is 0. The van der Waals surface area contributed by atoms with Crippen LogP contribution in [0.1, 0.15) is 5.56 Å². The molecular formula is C9H11ClO2. The number of hydrogen-bond donors (Lipinski definition) is 2. The Morgan fingerprint density at radius 3 is 2.25 bits per heavy atom. The van der Waals surface area contributed by atoms with E-state index in [9.17, 15) is 0 Å². The summed E-state index contributed by atoms with van der Waals surface area (Å²) in [4.78, 5) is 0. The molecule has 0 heterocycles. The standard InChI is InChI=1S/C9H10O2.ClH/c10-6-9(7-11)8-4-2-1-3-5-8;/h1-6,10-11H,7H2;1H/b9-6-;. The molecule has 0 aromatic heterocycles. The van der Waals surface area contributed by atoms with E-state index in [-0.39, 0.29) is 19.0 Å². The average Bonchev–Trinajstić information content (AvgIpc) is 2.09. The van der Waals surface area contributed by atoms with Gasteiger partial charge in [-0.25, -0.2) is 0 Å². The highest BCUT2D eigenvalue weighted by Crippen LogP contribution is 2.11. The van der Waals surface area contributed by atoms with Crippen molar-refractivity contribution in [2.45, 2.75) is 0 Å². The minimum atomic E-state index is -0.138. The maximum atomic E-state index is 8.75. The predicted molar refractivity (Wildman–Crippen MR) is 51.4 cm³/mol. The fraction of sp³-hybridized carbons (Fsp3) is 0.111. The molecule has 0 unspecified atom stereocenters. The van der Waals surface area contributed by atoms with E-state index in [1.807, 2.05) is 30.3 Å². The lowest BCUT2D eigenvalue weighted by Crippen LogP contribution is -1.89. The van der Waals surface area contributed by atoms with Crippen LogP contribution in [0.2, 0.25) is 0 Å². The van der Waals surface area contributed by atoms with E-state index in [0.29, 0.717) is 5.57 Å². The van der Waals surface area contributed by atoms with Gasteiger partial charge in [0.25, 0.3) is 0 Å². The zero-order chi connectivity index (χ0) is 8.10. The molecule has 1 aromatic carbocycles. The van der Waals surface area contributed by atoms with Crippen molar-refractivity contribution >= 4 is 18.0 Å². The fourth-order valence-electron chi connectivity index (χ4n) is 0.859. The summed E-state index contributed by atoms with van der Waals surface area (Å²) in [5.41, 5.74) is 1.38. The molecule has 3 heteroatoms. The van der Waals surface area contributed by atoms with Gasteiger partial charge in [0.15, 0.2) is 0 Å². The van der Waals surface area contributed by atoms with Crippen LogP contribution >= 0.6 is 12.4 Å². The normalized spacial score (nSPS) is 10.6. The topological polar surface area (TPSA) is 40.5 Å². The Labute approximate surface area is 77.6 Å². The molecular weight excluding hydrogens is 176 g/mol. The van der Waals surface area contributed by atoms with Gasteiger partial charge in [0.05, 0.1) is 12.9 Å². The largest absolute Gasteiger partial charge is 0.515 e. The molecule has 0 aliphatic heterocycles. The molecule has 0 aliphatic rings. The second-order valence-corrected chi connectivity index (χ2v) is 2.18. The second kappa shape index (κ2) is 5.63. The van der Waals surface area contributed by atoms with E-state index in [4.69, 9.17) is 10.2 Å².